The van der Waals surface area contributed by atoms with Crippen molar-refractivity contribution in [1.29, 1.82) is 0 Å². The molecular formula is C14H23N3. The topological polar surface area (TPSA) is 28.2 Å². The van der Waals surface area contributed by atoms with Gasteiger partial charge in [-0.15, -0.1) is 0 Å². The van der Waals surface area contributed by atoms with E-state index in [1.54, 1.807) is 0 Å². The van der Waals surface area contributed by atoms with Gasteiger partial charge >= 0.3 is 0 Å². The number of pyridine rings is 1. The van der Waals surface area contributed by atoms with E-state index >= 15 is 0 Å². The van der Waals surface area contributed by atoms with Gasteiger partial charge in [0.15, 0.2) is 0 Å². The Kier molecular flexibility index (Phi) is 3.79. The molecule has 1 unspecified atom stereocenters. The number of nitrogens with zero attached hydrogens (tertiary/aromatic N) is 2. The molecule has 0 bridgehead atoms. The fraction of sp³-hybridized carbons (Fsp3) is 0.643. The second kappa shape index (κ2) is 5.15. The quantitative estimate of drug-likeness (QED) is 0.864. The third kappa shape index (κ3) is 2.22. The van der Waals surface area contributed by atoms with Crippen LogP contribution < -0.4 is 5.32 Å². The number of hydrogen-bond donors (Lipinski definition) is 1. The van der Waals surface area contributed by atoms with E-state index in [0.29, 0.717) is 6.04 Å². The van der Waals surface area contributed by atoms with Gasteiger partial charge in [-0.2, -0.15) is 0 Å². The molecule has 94 valence electrons. The van der Waals surface area contributed by atoms with E-state index in [-0.39, 0.29) is 5.54 Å². The summed E-state index contributed by atoms with van der Waals surface area (Å²) in [6.45, 7) is 0. The van der Waals surface area contributed by atoms with E-state index in [2.05, 4.69) is 42.4 Å². The molecule has 0 radical (unpaired) electrons. The van der Waals surface area contributed by atoms with E-state index in [9.17, 15) is 0 Å². The molecule has 1 aliphatic carbocycles. The van der Waals surface area contributed by atoms with E-state index in [4.69, 9.17) is 0 Å². The van der Waals surface area contributed by atoms with Crippen LogP contribution in [0.2, 0.25) is 0 Å². The van der Waals surface area contributed by atoms with Gasteiger partial charge in [-0.25, -0.2) is 0 Å². The average Bonchev–Trinajstić information content (AvgIpc) is 2.82. The Morgan fingerprint density at radius 1 is 1.35 bits per heavy atom. The molecule has 1 aromatic heterocycles. The number of likely N-dealkylation sites (N-methyl/N-ethyl adjacent to an activating group) is 2. The molecule has 0 amide bonds. The largest absolute Gasteiger partial charge is 0.311 e. The van der Waals surface area contributed by atoms with Gasteiger partial charge in [0.25, 0.3) is 0 Å². The highest BCUT2D eigenvalue weighted by Crippen LogP contribution is 2.42. The monoisotopic (exact) mass is 233 g/mol. The minimum Gasteiger partial charge on any atom is -0.311 e. The first kappa shape index (κ1) is 12.5. The standard InChI is InChI=1S/C14H23N3/c1-15-13(12-7-6-10-16-11-12)14(17(2)3)8-4-5-9-14/h6-7,10-11,13,15H,4-5,8-9H2,1-3H3. The maximum atomic E-state index is 4.26. The Morgan fingerprint density at radius 2 is 2.06 bits per heavy atom. The highest BCUT2D eigenvalue weighted by Gasteiger charge is 2.43. The number of aromatic nitrogens is 1. The molecule has 0 aromatic carbocycles. The van der Waals surface area contributed by atoms with Crippen LogP contribution in [0.1, 0.15) is 37.3 Å². The van der Waals surface area contributed by atoms with Crippen LogP contribution in [0.25, 0.3) is 0 Å². The molecule has 3 nitrogen and oxygen atoms in total. The number of hydrogen-bond acceptors (Lipinski definition) is 3. The molecule has 1 saturated carbocycles. The zero-order valence-electron chi connectivity index (χ0n) is 11.1. The Labute approximate surface area is 104 Å². The lowest BCUT2D eigenvalue weighted by atomic mass is 9.83. The normalized spacial score (nSPS) is 20.7. The molecule has 1 fully saturated rings. The lowest BCUT2D eigenvalue weighted by Gasteiger charge is -2.43. The van der Waals surface area contributed by atoms with Crippen molar-refractivity contribution in [3.05, 3.63) is 30.1 Å². The predicted molar refractivity (Wildman–Crippen MR) is 70.9 cm³/mol. The zero-order valence-corrected chi connectivity index (χ0v) is 11.1. The molecule has 0 saturated heterocycles. The summed E-state index contributed by atoms with van der Waals surface area (Å²) in [7, 11) is 6.46. The van der Waals surface area contributed by atoms with Gasteiger partial charge in [0.1, 0.15) is 0 Å². The van der Waals surface area contributed by atoms with Crippen LogP contribution in [0.5, 0.6) is 0 Å². The minimum atomic E-state index is 0.248. The van der Waals surface area contributed by atoms with E-state index < -0.39 is 0 Å². The van der Waals surface area contributed by atoms with Crippen LogP contribution >= 0.6 is 0 Å². The smallest absolute Gasteiger partial charge is 0.0519 e. The first-order valence-corrected chi connectivity index (χ1v) is 6.45. The van der Waals surface area contributed by atoms with Crippen LogP contribution in [0.15, 0.2) is 24.5 Å². The summed E-state index contributed by atoms with van der Waals surface area (Å²) in [5, 5.41) is 3.50. The summed E-state index contributed by atoms with van der Waals surface area (Å²) in [5.74, 6) is 0. The lowest BCUT2D eigenvalue weighted by Crippen LogP contribution is -2.51. The molecule has 1 N–H and O–H groups in total. The first-order chi connectivity index (χ1) is 8.20. The summed E-state index contributed by atoms with van der Waals surface area (Å²) >= 11 is 0. The van der Waals surface area contributed by atoms with Crippen molar-refractivity contribution in [2.24, 2.45) is 0 Å². The van der Waals surface area contributed by atoms with Crippen LogP contribution in [0.3, 0.4) is 0 Å². The SMILES string of the molecule is CNC(c1cccnc1)C1(N(C)C)CCCC1. The summed E-state index contributed by atoms with van der Waals surface area (Å²) in [4.78, 5) is 6.65. The summed E-state index contributed by atoms with van der Waals surface area (Å²) in [5.41, 5.74) is 1.54. The molecule has 17 heavy (non-hydrogen) atoms. The third-order valence-electron chi connectivity index (χ3n) is 4.20. The molecule has 0 aliphatic heterocycles. The number of nitrogens with one attached hydrogen (secondary N) is 1. The van der Waals surface area contributed by atoms with Gasteiger partial charge in [0, 0.05) is 17.9 Å². The Morgan fingerprint density at radius 3 is 2.53 bits per heavy atom. The van der Waals surface area contributed by atoms with Crippen molar-refractivity contribution < 1.29 is 0 Å². The van der Waals surface area contributed by atoms with Crippen molar-refractivity contribution in [1.82, 2.24) is 15.2 Å². The van der Waals surface area contributed by atoms with Crippen molar-refractivity contribution in [2.75, 3.05) is 21.1 Å². The van der Waals surface area contributed by atoms with Crippen molar-refractivity contribution in [3.8, 4) is 0 Å². The Hall–Kier alpha value is -0.930. The van der Waals surface area contributed by atoms with Crippen LogP contribution in [-0.2, 0) is 0 Å². The molecule has 2 rings (SSSR count). The third-order valence-corrected chi connectivity index (χ3v) is 4.20. The maximum absolute atomic E-state index is 4.26. The highest BCUT2D eigenvalue weighted by molar-refractivity contribution is 5.21. The van der Waals surface area contributed by atoms with Gasteiger partial charge < -0.3 is 10.2 Å². The molecule has 1 aromatic rings. The summed E-state index contributed by atoms with van der Waals surface area (Å²) in [6, 6.07) is 4.57. The fourth-order valence-corrected chi connectivity index (χ4v) is 3.27. The van der Waals surface area contributed by atoms with Gasteiger partial charge in [-0.05, 0) is 45.6 Å². The van der Waals surface area contributed by atoms with Crippen molar-refractivity contribution >= 4 is 0 Å². The Balaban J connectivity index is 2.33. The second-order valence-corrected chi connectivity index (χ2v) is 5.21. The van der Waals surface area contributed by atoms with Crippen LogP contribution in [0, 0.1) is 0 Å². The zero-order chi connectivity index (χ0) is 12.3. The van der Waals surface area contributed by atoms with Gasteiger partial charge in [0.2, 0.25) is 0 Å². The van der Waals surface area contributed by atoms with Gasteiger partial charge in [-0.1, -0.05) is 18.9 Å². The van der Waals surface area contributed by atoms with E-state index in [0.717, 1.165) is 0 Å². The van der Waals surface area contributed by atoms with Crippen molar-refractivity contribution in [2.45, 2.75) is 37.3 Å². The number of rotatable bonds is 4. The molecule has 1 aliphatic rings. The molecular weight excluding hydrogens is 210 g/mol. The molecule has 1 atom stereocenters. The maximum Gasteiger partial charge on any atom is 0.0519 e. The minimum absolute atomic E-state index is 0.248. The second-order valence-electron chi connectivity index (χ2n) is 5.21. The Bertz CT molecular complexity index is 342. The molecule has 1 heterocycles. The summed E-state index contributed by atoms with van der Waals surface area (Å²) in [6.07, 6.45) is 9.02. The molecule has 3 heteroatoms. The van der Waals surface area contributed by atoms with Crippen LogP contribution in [0.4, 0.5) is 0 Å². The van der Waals surface area contributed by atoms with E-state index in [1.807, 2.05) is 18.5 Å². The molecule has 0 spiro atoms. The average molecular weight is 233 g/mol. The van der Waals surface area contributed by atoms with Crippen molar-refractivity contribution in [3.63, 3.8) is 0 Å². The summed E-state index contributed by atoms with van der Waals surface area (Å²) < 4.78 is 0. The highest BCUT2D eigenvalue weighted by atomic mass is 15.2. The fourth-order valence-electron chi connectivity index (χ4n) is 3.27. The van der Waals surface area contributed by atoms with E-state index in [1.165, 1.54) is 31.2 Å². The van der Waals surface area contributed by atoms with Gasteiger partial charge in [-0.3, -0.25) is 4.98 Å². The first-order valence-electron chi connectivity index (χ1n) is 6.45. The predicted octanol–water partition coefficient (Wildman–Crippen LogP) is 2.22. The lowest BCUT2D eigenvalue weighted by molar-refractivity contribution is 0.108. The van der Waals surface area contributed by atoms with Gasteiger partial charge in [0.05, 0.1) is 6.04 Å². The van der Waals surface area contributed by atoms with Crippen LogP contribution in [-0.4, -0.2) is 36.6 Å².